The maximum absolute atomic E-state index is 5.83. The highest BCUT2D eigenvalue weighted by molar-refractivity contribution is 7.80. The lowest BCUT2D eigenvalue weighted by atomic mass is 9.97. The number of aryl methyl sites for hydroxylation is 1. The Kier molecular flexibility index (Phi) is 7.22. The molecule has 2 atom stereocenters. The predicted octanol–water partition coefficient (Wildman–Crippen LogP) is 2.45. The molecule has 0 aliphatic carbocycles. The first-order valence-electron chi connectivity index (χ1n) is 11.0. The van der Waals surface area contributed by atoms with Crippen LogP contribution in [0.4, 0.5) is 0 Å². The van der Waals surface area contributed by atoms with Gasteiger partial charge in [0.05, 0.1) is 37.6 Å². The van der Waals surface area contributed by atoms with Crippen molar-refractivity contribution in [3.8, 4) is 0 Å². The molecule has 0 unspecified atom stereocenters. The van der Waals surface area contributed by atoms with Crippen LogP contribution in [0, 0.1) is 13.8 Å². The molecule has 2 aliphatic rings. The summed E-state index contributed by atoms with van der Waals surface area (Å²) in [7, 11) is 1.75. The maximum Gasteiger partial charge on any atom is 0.170 e. The molecule has 8 heteroatoms. The number of aromatic nitrogens is 2. The van der Waals surface area contributed by atoms with Gasteiger partial charge in [0.2, 0.25) is 0 Å². The molecular weight excluding hydrogens is 410 g/mol. The molecule has 2 aromatic heterocycles. The molecule has 168 valence electrons. The van der Waals surface area contributed by atoms with E-state index in [1.54, 1.807) is 7.11 Å². The first kappa shape index (κ1) is 22.2. The van der Waals surface area contributed by atoms with Crippen molar-refractivity contribution in [2.45, 2.75) is 32.5 Å². The Bertz CT molecular complexity index is 882. The predicted molar refractivity (Wildman–Crippen MR) is 125 cm³/mol. The number of ether oxygens (including phenoxy) is 2. The van der Waals surface area contributed by atoms with Crippen LogP contribution >= 0.6 is 12.2 Å². The number of rotatable bonds is 8. The Hall–Kier alpha value is -2.00. The van der Waals surface area contributed by atoms with E-state index in [2.05, 4.69) is 50.6 Å². The number of nitrogens with one attached hydrogen (secondary N) is 1. The van der Waals surface area contributed by atoms with Gasteiger partial charge in [0.15, 0.2) is 5.11 Å². The molecule has 7 nitrogen and oxygen atoms in total. The largest absolute Gasteiger partial charge is 0.383 e. The quantitative estimate of drug-likeness (QED) is 0.629. The summed E-state index contributed by atoms with van der Waals surface area (Å²) in [6.45, 7) is 11.3. The first-order chi connectivity index (χ1) is 15.1. The van der Waals surface area contributed by atoms with Crippen molar-refractivity contribution in [2.24, 2.45) is 0 Å². The van der Waals surface area contributed by atoms with Gasteiger partial charge >= 0.3 is 0 Å². The van der Waals surface area contributed by atoms with Gasteiger partial charge < -0.3 is 24.3 Å². The highest BCUT2D eigenvalue weighted by Crippen LogP contribution is 2.40. The average molecular weight is 444 g/mol. The van der Waals surface area contributed by atoms with Crippen LogP contribution in [-0.2, 0) is 16.0 Å². The number of nitrogens with zero attached hydrogens (tertiary/aromatic N) is 4. The number of hydrogen-bond acceptors (Lipinski definition) is 5. The zero-order chi connectivity index (χ0) is 21.8. The Morgan fingerprint density at radius 2 is 2.00 bits per heavy atom. The van der Waals surface area contributed by atoms with Crippen LogP contribution < -0.4 is 5.32 Å². The van der Waals surface area contributed by atoms with E-state index < -0.39 is 0 Å². The molecule has 2 saturated heterocycles. The minimum Gasteiger partial charge on any atom is -0.383 e. The second kappa shape index (κ2) is 10.1. The molecule has 0 aromatic carbocycles. The van der Waals surface area contributed by atoms with Gasteiger partial charge in [-0.25, -0.2) is 0 Å². The third kappa shape index (κ3) is 4.77. The van der Waals surface area contributed by atoms with Gasteiger partial charge in [-0.3, -0.25) is 9.88 Å². The molecule has 0 radical (unpaired) electrons. The van der Waals surface area contributed by atoms with Crippen molar-refractivity contribution in [2.75, 3.05) is 53.1 Å². The fourth-order valence-electron chi connectivity index (χ4n) is 4.71. The molecule has 4 rings (SSSR count). The monoisotopic (exact) mass is 443 g/mol. The average Bonchev–Trinajstić information content (AvgIpc) is 3.27. The van der Waals surface area contributed by atoms with Gasteiger partial charge in [0.25, 0.3) is 0 Å². The summed E-state index contributed by atoms with van der Waals surface area (Å²) in [6.07, 6.45) is 1.86. The van der Waals surface area contributed by atoms with Gasteiger partial charge in [-0.2, -0.15) is 0 Å². The molecular formula is C23H33N5O2S. The minimum atomic E-state index is 0.0229. The Morgan fingerprint density at radius 1 is 1.19 bits per heavy atom. The van der Waals surface area contributed by atoms with E-state index in [-0.39, 0.29) is 12.1 Å². The highest BCUT2D eigenvalue weighted by Gasteiger charge is 2.41. The number of morpholine rings is 1. The van der Waals surface area contributed by atoms with E-state index in [1.165, 1.54) is 17.0 Å². The summed E-state index contributed by atoms with van der Waals surface area (Å²) in [5, 5.41) is 4.37. The van der Waals surface area contributed by atoms with Crippen molar-refractivity contribution in [1.82, 2.24) is 24.7 Å². The molecule has 2 fully saturated rings. The lowest BCUT2D eigenvalue weighted by molar-refractivity contribution is 0.0350. The van der Waals surface area contributed by atoms with E-state index in [1.807, 2.05) is 18.3 Å². The standard InChI is InChI=1S/C23H33N5O2S/c1-17-16-19(18(2)27(17)12-13-29-3)22-21(20-6-4-5-7-24-20)25-23(31)28(22)9-8-26-10-14-30-15-11-26/h4-7,16,21-22H,8-15H2,1-3H3,(H,25,31)/t21-,22-/m0/s1. The van der Waals surface area contributed by atoms with Gasteiger partial charge in [-0.1, -0.05) is 6.07 Å². The maximum atomic E-state index is 5.83. The second-order valence-electron chi connectivity index (χ2n) is 8.24. The van der Waals surface area contributed by atoms with Crippen molar-refractivity contribution in [3.05, 3.63) is 53.1 Å². The van der Waals surface area contributed by atoms with Crippen molar-refractivity contribution >= 4 is 17.3 Å². The molecule has 2 aliphatic heterocycles. The molecule has 2 aromatic rings. The molecule has 0 bridgehead atoms. The zero-order valence-corrected chi connectivity index (χ0v) is 19.5. The van der Waals surface area contributed by atoms with E-state index in [4.69, 9.17) is 21.7 Å². The lowest BCUT2D eigenvalue weighted by Gasteiger charge is -2.32. The highest BCUT2D eigenvalue weighted by atomic mass is 32.1. The fourth-order valence-corrected chi connectivity index (χ4v) is 5.04. The molecule has 4 heterocycles. The topological polar surface area (TPSA) is 54.8 Å². The normalized spacial score (nSPS) is 22.2. The van der Waals surface area contributed by atoms with Crippen LogP contribution in [0.3, 0.4) is 0 Å². The van der Waals surface area contributed by atoms with Gasteiger partial charge in [-0.05, 0) is 49.8 Å². The fraction of sp³-hybridized carbons (Fsp3) is 0.565. The van der Waals surface area contributed by atoms with Crippen LogP contribution in [0.5, 0.6) is 0 Å². The Balaban J connectivity index is 1.65. The number of hydrogen-bond donors (Lipinski definition) is 1. The summed E-state index contributed by atoms with van der Waals surface area (Å²) in [6, 6.07) is 8.52. The Morgan fingerprint density at radius 3 is 2.71 bits per heavy atom. The third-order valence-electron chi connectivity index (χ3n) is 6.41. The van der Waals surface area contributed by atoms with E-state index >= 15 is 0 Å². The molecule has 0 spiro atoms. The zero-order valence-electron chi connectivity index (χ0n) is 18.7. The van der Waals surface area contributed by atoms with Gasteiger partial charge in [-0.15, -0.1) is 0 Å². The second-order valence-corrected chi connectivity index (χ2v) is 8.63. The summed E-state index contributed by atoms with van der Waals surface area (Å²) < 4.78 is 13.2. The SMILES string of the molecule is COCCn1c(C)cc([C@H]2[C@H](c3ccccn3)NC(=S)N2CCN2CCOCC2)c1C. The van der Waals surface area contributed by atoms with Gasteiger partial charge in [0.1, 0.15) is 0 Å². The van der Waals surface area contributed by atoms with Crippen LogP contribution in [0.15, 0.2) is 30.5 Å². The van der Waals surface area contributed by atoms with Crippen molar-refractivity contribution in [3.63, 3.8) is 0 Å². The number of methoxy groups -OCH3 is 1. The van der Waals surface area contributed by atoms with Crippen LogP contribution in [-0.4, -0.2) is 77.6 Å². The third-order valence-corrected chi connectivity index (χ3v) is 6.76. The van der Waals surface area contributed by atoms with Crippen molar-refractivity contribution < 1.29 is 9.47 Å². The summed E-state index contributed by atoms with van der Waals surface area (Å²) >= 11 is 5.83. The lowest BCUT2D eigenvalue weighted by Crippen LogP contribution is -2.42. The van der Waals surface area contributed by atoms with Crippen molar-refractivity contribution in [1.29, 1.82) is 0 Å². The van der Waals surface area contributed by atoms with Crippen LogP contribution in [0.1, 0.15) is 34.7 Å². The molecule has 1 N–H and O–H groups in total. The number of pyridine rings is 1. The van der Waals surface area contributed by atoms with E-state index in [0.29, 0.717) is 6.61 Å². The van der Waals surface area contributed by atoms with Gasteiger partial charge in [0, 0.05) is 57.4 Å². The van der Waals surface area contributed by atoms with E-state index in [0.717, 1.165) is 56.7 Å². The van der Waals surface area contributed by atoms with Crippen LogP contribution in [0.2, 0.25) is 0 Å². The first-order valence-corrected chi connectivity index (χ1v) is 11.4. The summed E-state index contributed by atoms with van der Waals surface area (Å²) in [4.78, 5) is 9.47. The number of thiocarbonyl (C=S) groups is 1. The molecule has 31 heavy (non-hydrogen) atoms. The minimum absolute atomic E-state index is 0.0229. The summed E-state index contributed by atoms with van der Waals surface area (Å²) in [5.41, 5.74) is 4.84. The summed E-state index contributed by atoms with van der Waals surface area (Å²) in [5.74, 6) is 0. The van der Waals surface area contributed by atoms with Crippen LogP contribution in [0.25, 0.3) is 0 Å². The molecule has 0 amide bonds. The smallest absolute Gasteiger partial charge is 0.170 e. The Labute approximate surface area is 190 Å². The molecule has 0 saturated carbocycles. The van der Waals surface area contributed by atoms with E-state index in [9.17, 15) is 0 Å².